The Kier molecular flexibility index (Phi) is 6.43. The minimum atomic E-state index is -3.52. The molecule has 7 heteroatoms. The summed E-state index contributed by atoms with van der Waals surface area (Å²) >= 11 is 1.64. The third kappa shape index (κ3) is 4.34. The van der Waals surface area contributed by atoms with Gasteiger partial charge in [0.25, 0.3) is 0 Å². The van der Waals surface area contributed by atoms with E-state index >= 15 is 0 Å². The van der Waals surface area contributed by atoms with E-state index in [2.05, 4.69) is 47.5 Å². The SMILES string of the molecule is Cc1ccccc1Cc1csc(N2CCN(S(=O)(=O)c3c(C)c(C)cc(C)c3C)CC2)n1. The fourth-order valence-electron chi connectivity index (χ4n) is 4.34. The van der Waals surface area contributed by atoms with Gasteiger partial charge in [-0.1, -0.05) is 30.3 Å². The van der Waals surface area contributed by atoms with E-state index in [9.17, 15) is 8.42 Å². The van der Waals surface area contributed by atoms with Crippen LogP contribution >= 0.6 is 11.3 Å². The van der Waals surface area contributed by atoms with Crippen molar-refractivity contribution >= 4 is 26.5 Å². The molecule has 0 unspecified atom stereocenters. The first-order valence-corrected chi connectivity index (χ1v) is 13.3. The van der Waals surface area contributed by atoms with Gasteiger partial charge in [0.1, 0.15) is 0 Å². The first-order valence-electron chi connectivity index (χ1n) is 11.0. The third-order valence-electron chi connectivity index (χ3n) is 6.58. The first-order chi connectivity index (χ1) is 15.2. The molecule has 1 saturated heterocycles. The highest BCUT2D eigenvalue weighted by Crippen LogP contribution is 2.30. The Hall–Kier alpha value is -2.22. The molecule has 0 saturated carbocycles. The first kappa shape index (κ1) is 23.0. The van der Waals surface area contributed by atoms with Crippen molar-refractivity contribution in [3.8, 4) is 0 Å². The molecule has 1 aliphatic rings. The Morgan fingerprint density at radius 2 is 1.53 bits per heavy atom. The van der Waals surface area contributed by atoms with Crippen molar-refractivity contribution < 1.29 is 8.42 Å². The number of aromatic nitrogens is 1. The Morgan fingerprint density at radius 1 is 0.906 bits per heavy atom. The third-order valence-corrected chi connectivity index (χ3v) is 9.70. The molecule has 4 rings (SSSR count). The molecule has 1 fully saturated rings. The number of nitrogens with zero attached hydrogens (tertiary/aromatic N) is 3. The van der Waals surface area contributed by atoms with Crippen LogP contribution in [-0.4, -0.2) is 43.9 Å². The zero-order valence-corrected chi connectivity index (χ0v) is 21.1. The molecule has 0 N–H and O–H groups in total. The topological polar surface area (TPSA) is 53.5 Å². The maximum atomic E-state index is 13.5. The molecular weight excluding hydrogens is 438 g/mol. The lowest BCUT2D eigenvalue weighted by Crippen LogP contribution is -2.49. The standard InChI is InChI=1S/C25H31N3O2S2/c1-17-8-6-7-9-22(17)15-23-16-31-25(26-23)27-10-12-28(13-11-27)32(29,30)24-20(4)18(2)14-19(3)21(24)5/h6-9,14,16H,10-13,15H2,1-5H3. The van der Waals surface area contributed by atoms with Crippen LogP contribution < -0.4 is 4.90 Å². The molecule has 0 spiro atoms. The summed E-state index contributed by atoms with van der Waals surface area (Å²) < 4.78 is 28.7. The van der Waals surface area contributed by atoms with Gasteiger partial charge < -0.3 is 4.90 Å². The summed E-state index contributed by atoms with van der Waals surface area (Å²) in [5.74, 6) is 0. The van der Waals surface area contributed by atoms with Gasteiger partial charge in [0.15, 0.2) is 5.13 Å². The summed E-state index contributed by atoms with van der Waals surface area (Å²) in [5.41, 5.74) is 7.39. The second-order valence-electron chi connectivity index (χ2n) is 8.71. The van der Waals surface area contributed by atoms with Crippen molar-refractivity contribution in [1.82, 2.24) is 9.29 Å². The molecule has 1 aliphatic heterocycles. The number of piperazine rings is 1. The molecule has 0 radical (unpaired) electrons. The van der Waals surface area contributed by atoms with Crippen molar-refractivity contribution in [2.24, 2.45) is 0 Å². The number of sulfonamides is 1. The van der Waals surface area contributed by atoms with E-state index in [1.165, 1.54) is 11.1 Å². The second-order valence-corrected chi connectivity index (χ2v) is 11.4. The summed E-state index contributed by atoms with van der Waals surface area (Å²) in [6.07, 6.45) is 0.822. The van der Waals surface area contributed by atoms with Gasteiger partial charge in [0.05, 0.1) is 10.6 Å². The molecule has 0 amide bonds. The number of anilines is 1. The normalized spacial score (nSPS) is 15.3. The molecule has 2 heterocycles. The van der Waals surface area contributed by atoms with E-state index in [0.717, 1.165) is 39.5 Å². The Balaban J connectivity index is 1.47. The monoisotopic (exact) mass is 469 g/mol. The number of thiazole rings is 1. The molecule has 32 heavy (non-hydrogen) atoms. The van der Waals surface area contributed by atoms with Crippen LogP contribution in [0.5, 0.6) is 0 Å². The fraction of sp³-hybridized carbons (Fsp3) is 0.400. The molecule has 5 nitrogen and oxygen atoms in total. The van der Waals surface area contributed by atoms with Crippen LogP contribution in [0.2, 0.25) is 0 Å². The lowest BCUT2D eigenvalue weighted by atomic mass is 10.0. The summed E-state index contributed by atoms with van der Waals surface area (Å²) in [6, 6.07) is 10.5. The maximum Gasteiger partial charge on any atom is 0.243 e. The molecule has 3 aromatic rings. The number of hydrogen-bond acceptors (Lipinski definition) is 5. The van der Waals surface area contributed by atoms with Crippen LogP contribution in [0, 0.1) is 34.6 Å². The zero-order chi connectivity index (χ0) is 23.0. The van der Waals surface area contributed by atoms with Gasteiger partial charge in [-0.05, 0) is 68.0 Å². The van der Waals surface area contributed by atoms with Crippen LogP contribution in [0.25, 0.3) is 0 Å². The van der Waals surface area contributed by atoms with Crippen molar-refractivity contribution in [1.29, 1.82) is 0 Å². The Bertz CT molecular complexity index is 1210. The average molecular weight is 470 g/mol. The zero-order valence-electron chi connectivity index (χ0n) is 19.5. The highest BCUT2D eigenvalue weighted by molar-refractivity contribution is 7.89. The molecular formula is C25H31N3O2S2. The smallest absolute Gasteiger partial charge is 0.243 e. The van der Waals surface area contributed by atoms with E-state index in [0.29, 0.717) is 31.1 Å². The van der Waals surface area contributed by atoms with Crippen LogP contribution in [0.1, 0.15) is 39.1 Å². The molecule has 0 aliphatic carbocycles. The van der Waals surface area contributed by atoms with Gasteiger partial charge in [-0.25, -0.2) is 13.4 Å². The van der Waals surface area contributed by atoms with Crippen LogP contribution in [-0.2, 0) is 16.4 Å². The van der Waals surface area contributed by atoms with E-state index in [-0.39, 0.29) is 0 Å². The Morgan fingerprint density at radius 3 is 2.16 bits per heavy atom. The van der Waals surface area contributed by atoms with Crippen molar-refractivity contribution in [3.05, 3.63) is 74.8 Å². The van der Waals surface area contributed by atoms with E-state index in [1.807, 2.05) is 27.7 Å². The summed E-state index contributed by atoms with van der Waals surface area (Å²) in [4.78, 5) is 7.54. The molecule has 1 aromatic heterocycles. The quantitative estimate of drug-likeness (QED) is 0.539. The van der Waals surface area contributed by atoms with Gasteiger partial charge in [-0.2, -0.15) is 4.31 Å². The van der Waals surface area contributed by atoms with Gasteiger partial charge in [0.2, 0.25) is 10.0 Å². The number of hydrogen-bond donors (Lipinski definition) is 0. The molecule has 0 atom stereocenters. The molecule has 0 bridgehead atoms. The predicted octanol–water partition coefficient (Wildman–Crippen LogP) is 4.79. The van der Waals surface area contributed by atoms with Crippen LogP contribution in [0.15, 0.2) is 40.6 Å². The predicted molar refractivity (Wildman–Crippen MR) is 132 cm³/mol. The highest BCUT2D eigenvalue weighted by Gasteiger charge is 2.32. The molecule has 2 aromatic carbocycles. The number of aryl methyl sites for hydroxylation is 3. The highest BCUT2D eigenvalue weighted by atomic mass is 32.2. The Labute approximate surface area is 195 Å². The second kappa shape index (κ2) is 8.96. The minimum absolute atomic E-state index is 0.473. The summed E-state index contributed by atoms with van der Waals surface area (Å²) in [6.45, 7) is 12.2. The lowest BCUT2D eigenvalue weighted by Gasteiger charge is -2.34. The minimum Gasteiger partial charge on any atom is -0.345 e. The van der Waals surface area contributed by atoms with Crippen LogP contribution in [0.4, 0.5) is 5.13 Å². The van der Waals surface area contributed by atoms with Gasteiger partial charge >= 0.3 is 0 Å². The largest absolute Gasteiger partial charge is 0.345 e. The van der Waals surface area contributed by atoms with Crippen molar-refractivity contribution in [2.75, 3.05) is 31.1 Å². The maximum absolute atomic E-state index is 13.5. The summed E-state index contributed by atoms with van der Waals surface area (Å²) in [7, 11) is -3.52. The van der Waals surface area contributed by atoms with Crippen LogP contribution in [0.3, 0.4) is 0 Å². The molecule has 170 valence electrons. The lowest BCUT2D eigenvalue weighted by molar-refractivity contribution is 0.384. The van der Waals surface area contributed by atoms with Gasteiger partial charge in [-0.15, -0.1) is 11.3 Å². The van der Waals surface area contributed by atoms with Gasteiger partial charge in [-0.3, -0.25) is 0 Å². The van der Waals surface area contributed by atoms with E-state index < -0.39 is 10.0 Å². The fourth-order valence-corrected chi connectivity index (χ4v) is 7.22. The van der Waals surface area contributed by atoms with Crippen molar-refractivity contribution in [2.45, 2.75) is 45.9 Å². The van der Waals surface area contributed by atoms with Crippen molar-refractivity contribution in [3.63, 3.8) is 0 Å². The summed E-state index contributed by atoms with van der Waals surface area (Å²) in [5, 5.41) is 3.09. The van der Waals surface area contributed by atoms with E-state index in [4.69, 9.17) is 4.98 Å². The van der Waals surface area contributed by atoms with E-state index in [1.54, 1.807) is 15.6 Å². The number of benzene rings is 2. The number of rotatable bonds is 5. The average Bonchev–Trinajstić information content (AvgIpc) is 3.23. The van der Waals surface area contributed by atoms with Gasteiger partial charge in [0, 0.05) is 38.0 Å².